The van der Waals surface area contributed by atoms with E-state index in [0.717, 1.165) is 28.3 Å². The van der Waals surface area contributed by atoms with Gasteiger partial charge in [0.2, 0.25) is 5.91 Å². The van der Waals surface area contributed by atoms with Crippen molar-refractivity contribution < 1.29 is 14.3 Å². The second-order valence-corrected chi connectivity index (χ2v) is 5.44. The first kappa shape index (κ1) is 12.3. The van der Waals surface area contributed by atoms with Crippen molar-refractivity contribution in [3.05, 3.63) is 53.6 Å². The van der Waals surface area contributed by atoms with Crippen molar-refractivity contribution in [3.8, 4) is 11.5 Å². The lowest BCUT2D eigenvalue weighted by Gasteiger charge is -2.21. The summed E-state index contributed by atoms with van der Waals surface area (Å²) in [7, 11) is 3.44. The normalized spacial score (nSPS) is 22.2. The average molecular weight is 281 g/mol. The van der Waals surface area contributed by atoms with E-state index < -0.39 is 5.41 Å². The molecule has 2 aromatic rings. The molecule has 106 valence electrons. The smallest absolute Gasteiger partial charge is 0.245 e. The highest BCUT2D eigenvalue weighted by Crippen LogP contribution is 2.52. The molecule has 0 fully saturated rings. The molecule has 2 aliphatic rings. The average Bonchev–Trinajstić information content (AvgIpc) is 3.01. The fourth-order valence-corrected chi connectivity index (χ4v) is 3.40. The van der Waals surface area contributed by atoms with E-state index in [1.54, 1.807) is 12.0 Å². The van der Waals surface area contributed by atoms with E-state index in [1.165, 1.54) is 0 Å². The largest absolute Gasteiger partial charge is 0.497 e. The van der Waals surface area contributed by atoms with Crippen LogP contribution in [0.5, 0.6) is 11.5 Å². The van der Waals surface area contributed by atoms with Gasteiger partial charge in [-0.2, -0.15) is 0 Å². The Hall–Kier alpha value is -2.49. The van der Waals surface area contributed by atoms with Crippen molar-refractivity contribution in [1.29, 1.82) is 0 Å². The maximum Gasteiger partial charge on any atom is 0.245 e. The van der Waals surface area contributed by atoms with Crippen LogP contribution in [0.1, 0.15) is 11.1 Å². The number of para-hydroxylation sites is 1. The Balaban J connectivity index is 2.01. The summed E-state index contributed by atoms with van der Waals surface area (Å²) in [6.07, 6.45) is 0. The molecule has 2 aromatic carbocycles. The molecule has 1 unspecified atom stereocenters. The Morgan fingerprint density at radius 2 is 2.00 bits per heavy atom. The number of carbonyl (C=O) groups excluding carboxylic acids is 1. The number of hydrogen-bond donors (Lipinski definition) is 0. The molecular formula is C17H15NO3. The Labute approximate surface area is 122 Å². The summed E-state index contributed by atoms with van der Waals surface area (Å²) in [5.41, 5.74) is 2.10. The third kappa shape index (κ3) is 1.37. The number of fused-ring (bicyclic) bond motifs is 4. The molecular weight excluding hydrogens is 266 g/mol. The predicted octanol–water partition coefficient (Wildman–Crippen LogP) is 2.35. The summed E-state index contributed by atoms with van der Waals surface area (Å²) in [6.45, 7) is 0.343. The fraction of sp³-hybridized carbons (Fsp3) is 0.235. The molecule has 1 spiro atoms. The van der Waals surface area contributed by atoms with Crippen molar-refractivity contribution in [2.24, 2.45) is 0 Å². The second-order valence-electron chi connectivity index (χ2n) is 5.44. The van der Waals surface area contributed by atoms with E-state index in [-0.39, 0.29) is 5.91 Å². The van der Waals surface area contributed by atoms with E-state index in [0.29, 0.717) is 6.61 Å². The van der Waals surface area contributed by atoms with E-state index in [9.17, 15) is 4.79 Å². The lowest BCUT2D eigenvalue weighted by Crippen LogP contribution is -2.40. The standard InChI is InChI=1S/C17H15NO3/c1-18-14-6-4-3-5-12(14)17(16(18)19)10-21-15-8-7-11(20-2)9-13(15)17/h3-9H,10H2,1-2H3. The van der Waals surface area contributed by atoms with Gasteiger partial charge in [-0.1, -0.05) is 18.2 Å². The van der Waals surface area contributed by atoms with Crippen molar-refractivity contribution in [2.45, 2.75) is 5.41 Å². The summed E-state index contributed by atoms with van der Waals surface area (Å²) in [6, 6.07) is 13.5. The molecule has 2 heterocycles. The third-order valence-corrected chi connectivity index (χ3v) is 4.49. The highest BCUT2D eigenvalue weighted by Gasteiger charge is 2.56. The van der Waals surface area contributed by atoms with E-state index in [2.05, 4.69) is 0 Å². The minimum atomic E-state index is -0.741. The van der Waals surface area contributed by atoms with E-state index in [1.807, 2.05) is 49.5 Å². The van der Waals surface area contributed by atoms with Crippen molar-refractivity contribution in [2.75, 3.05) is 25.7 Å². The second kappa shape index (κ2) is 4.01. The van der Waals surface area contributed by atoms with Crippen LogP contribution in [-0.2, 0) is 10.2 Å². The maximum atomic E-state index is 13.0. The topological polar surface area (TPSA) is 38.8 Å². The molecule has 0 saturated heterocycles. The van der Waals surface area contributed by atoms with Crippen molar-refractivity contribution in [3.63, 3.8) is 0 Å². The first-order chi connectivity index (χ1) is 10.2. The summed E-state index contributed by atoms with van der Waals surface area (Å²) in [4.78, 5) is 14.7. The number of nitrogens with zero attached hydrogens (tertiary/aromatic N) is 1. The SMILES string of the molecule is COc1ccc2c(c1)C1(CO2)C(=O)N(C)c2ccccc21. The number of anilines is 1. The first-order valence-corrected chi connectivity index (χ1v) is 6.87. The number of benzene rings is 2. The van der Waals surface area contributed by atoms with Crippen LogP contribution >= 0.6 is 0 Å². The fourth-order valence-electron chi connectivity index (χ4n) is 3.40. The van der Waals surface area contributed by atoms with Crippen LogP contribution in [0.3, 0.4) is 0 Å². The zero-order valence-electron chi connectivity index (χ0n) is 11.9. The van der Waals surface area contributed by atoms with Crippen LogP contribution in [0.2, 0.25) is 0 Å². The maximum absolute atomic E-state index is 13.0. The molecule has 4 rings (SSSR count). The zero-order chi connectivity index (χ0) is 14.6. The molecule has 0 bridgehead atoms. The number of rotatable bonds is 1. The van der Waals surface area contributed by atoms with E-state index >= 15 is 0 Å². The highest BCUT2D eigenvalue weighted by molar-refractivity contribution is 6.11. The van der Waals surface area contributed by atoms with Gasteiger partial charge in [-0.3, -0.25) is 4.79 Å². The molecule has 0 aliphatic carbocycles. The van der Waals surface area contributed by atoms with Gasteiger partial charge in [-0.25, -0.2) is 0 Å². The number of likely N-dealkylation sites (N-methyl/N-ethyl adjacent to an activating group) is 1. The van der Waals surface area contributed by atoms with Crippen LogP contribution in [0.4, 0.5) is 5.69 Å². The molecule has 0 N–H and O–H groups in total. The van der Waals surface area contributed by atoms with Gasteiger partial charge in [0.1, 0.15) is 23.5 Å². The molecule has 4 nitrogen and oxygen atoms in total. The number of amides is 1. The number of carbonyl (C=O) groups is 1. The minimum Gasteiger partial charge on any atom is -0.497 e. The number of hydrogen-bond acceptors (Lipinski definition) is 3. The predicted molar refractivity (Wildman–Crippen MR) is 79.1 cm³/mol. The summed E-state index contributed by atoms with van der Waals surface area (Å²) in [5.74, 6) is 1.54. The van der Waals surface area contributed by atoms with Crippen molar-refractivity contribution >= 4 is 11.6 Å². The zero-order valence-corrected chi connectivity index (χ0v) is 11.9. The van der Waals surface area contributed by atoms with Gasteiger partial charge in [0, 0.05) is 18.3 Å². The van der Waals surface area contributed by atoms with Gasteiger partial charge >= 0.3 is 0 Å². The van der Waals surface area contributed by atoms with Crippen LogP contribution < -0.4 is 14.4 Å². The Kier molecular flexibility index (Phi) is 2.34. The highest BCUT2D eigenvalue weighted by atomic mass is 16.5. The van der Waals surface area contributed by atoms with Gasteiger partial charge in [0.05, 0.1) is 7.11 Å². The number of methoxy groups -OCH3 is 1. The van der Waals surface area contributed by atoms with Gasteiger partial charge in [0.15, 0.2) is 0 Å². The Bertz CT molecular complexity index is 755. The molecule has 1 atom stereocenters. The molecule has 0 aromatic heterocycles. The van der Waals surface area contributed by atoms with Crippen LogP contribution in [-0.4, -0.2) is 26.7 Å². The lowest BCUT2D eigenvalue weighted by molar-refractivity contribution is -0.121. The molecule has 0 saturated carbocycles. The molecule has 1 amide bonds. The summed E-state index contributed by atoms with van der Waals surface area (Å²) < 4.78 is 11.1. The Morgan fingerprint density at radius 1 is 1.19 bits per heavy atom. The van der Waals surface area contributed by atoms with E-state index in [4.69, 9.17) is 9.47 Å². The van der Waals surface area contributed by atoms with Crippen LogP contribution in [0.25, 0.3) is 0 Å². The quantitative estimate of drug-likeness (QED) is 0.805. The Morgan fingerprint density at radius 3 is 2.81 bits per heavy atom. The van der Waals surface area contributed by atoms with Gasteiger partial charge in [-0.15, -0.1) is 0 Å². The molecule has 0 radical (unpaired) electrons. The van der Waals surface area contributed by atoms with Gasteiger partial charge in [-0.05, 0) is 29.8 Å². The number of ether oxygens (including phenoxy) is 2. The van der Waals surface area contributed by atoms with Crippen LogP contribution in [0.15, 0.2) is 42.5 Å². The molecule has 21 heavy (non-hydrogen) atoms. The van der Waals surface area contributed by atoms with Crippen LogP contribution in [0, 0.1) is 0 Å². The first-order valence-electron chi connectivity index (χ1n) is 6.87. The molecule has 4 heteroatoms. The summed E-state index contributed by atoms with van der Waals surface area (Å²) >= 11 is 0. The minimum absolute atomic E-state index is 0.0516. The van der Waals surface area contributed by atoms with Gasteiger partial charge in [0.25, 0.3) is 0 Å². The molecule has 2 aliphatic heterocycles. The third-order valence-electron chi connectivity index (χ3n) is 4.49. The monoisotopic (exact) mass is 281 g/mol. The van der Waals surface area contributed by atoms with Gasteiger partial charge < -0.3 is 14.4 Å². The lowest BCUT2D eigenvalue weighted by atomic mass is 9.77. The summed E-state index contributed by atoms with van der Waals surface area (Å²) in [5, 5.41) is 0. The van der Waals surface area contributed by atoms with Crippen molar-refractivity contribution in [1.82, 2.24) is 0 Å².